The number of aryl methyl sites for hydroxylation is 1. The summed E-state index contributed by atoms with van der Waals surface area (Å²) in [5, 5.41) is 7.35. The van der Waals surface area contributed by atoms with Crippen LogP contribution in [0, 0.1) is 5.82 Å². The predicted molar refractivity (Wildman–Crippen MR) is 68.2 cm³/mol. The molecular weight excluding hydrogens is 285 g/mol. The largest absolute Gasteiger partial charge is 0.308 e. The predicted octanol–water partition coefficient (Wildman–Crippen LogP) is 2.63. The number of hydrogen-bond donors (Lipinski definition) is 1. The van der Waals surface area contributed by atoms with E-state index in [1.807, 2.05) is 20.2 Å². The summed E-state index contributed by atoms with van der Waals surface area (Å²) in [5.74, 6) is -0.250. The molecule has 0 radical (unpaired) electrons. The van der Waals surface area contributed by atoms with Gasteiger partial charge in [-0.25, -0.2) is 4.39 Å². The van der Waals surface area contributed by atoms with Crippen molar-refractivity contribution in [2.24, 2.45) is 7.05 Å². The summed E-state index contributed by atoms with van der Waals surface area (Å²) in [6.45, 7) is 0. The van der Waals surface area contributed by atoms with Crippen LogP contribution < -0.4 is 5.32 Å². The molecule has 3 nitrogen and oxygen atoms in total. The molecule has 0 aliphatic rings. The first-order valence-corrected chi connectivity index (χ1v) is 6.03. The second-order valence-corrected chi connectivity index (χ2v) is 4.62. The summed E-state index contributed by atoms with van der Waals surface area (Å²) in [4.78, 5) is 0. The molecule has 0 saturated heterocycles. The summed E-state index contributed by atoms with van der Waals surface area (Å²) in [5.41, 5.74) is 2.01. The maximum atomic E-state index is 13.1. The topological polar surface area (TPSA) is 29.9 Å². The molecule has 17 heavy (non-hydrogen) atoms. The van der Waals surface area contributed by atoms with Crippen molar-refractivity contribution in [1.29, 1.82) is 0 Å². The third kappa shape index (κ3) is 2.40. The lowest BCUT2D eigenvalue weighted by atomic mass is 10.0. The molecule has 0 bridgehead atoms. The maximum Gasteiger partial charge on any atom is 0.124 e. The van der Waals surface area contributed by atoms with E-state index in [2.05, 4.69) is 26.3 Å². The molecule has 0 spiro atoms. The van der Waals surface area contributed by atoms with Gasteiger partial charge in [0.2, 0.25) is 0 Å². The monoisotopic (exact) mass is 297 g/mol. The number of hydrogen-bond acceptors (Lipinski definition) is 2. The van der Waals surface area contributed by atoms with Gasteiger partial charge in [0.1, 0.15) is 5.82 Å². The zero-order chi connectivity index (χ0) is 12.4. The van der Waals surface area contributed by atoms with E-state index in [0.717, 1.165) is 15.7 Å². The van der Waals surface area contributed by atoms with Crippen LogP contribution in [0.4, 0.5) is 4.39 Å². The second kappa shape index (κ2) is 4.98. The van der Waals surface area contributed by atoms with E-state index < -0.39 is 0 Å². The standard InChI is InChI=1S/C12H13BrFN3/c1-15-12(11-5-6-16-17(11)2)9-4-3-8(14)7-10(9)13/h3-7,12,15H,1-2H3. The summed E-state index contributed by atoms with van der Waals surface area (Å²) in [6, 6.07) is 6.62. The van der Waals surface area contributed by atoms with Gasteiger partial charge in [-0.05, 0) is 30.8 Å². The lowest BCUT2D eigenvalue weighted by Gasteiger charge is -2.18. The molecule has 5 heteroatoms. The fraction of sp³-hybridized carbons (Fsp3) is 0.250. The quantitative estimate of drug-likeness (QED) is 0.944. The Hall–Kier alpha value is -1.20. The zero-order valence-electron chi connectivity index (χ0n) is 9.61. The molecular formula is C12H13BrFN3. The Morgan fingerprint density at radius 2 is 2.18 bits per heavy atom. The highest BCUT2D eigenvalue weighted by Gasteiger charge is 2.17. The SMILES string of the molecule is CNC(c1ccc(F)cc1Br)c1ccnn1C. The molecule has 1 unspecified atom stereocenters. The van der Waals surface area contributed by atoms with Crippen LogP contribution in [-0.2, 0) is 7.05 Å². The lowest BCUT2D eigenvalue weighted by molar-refractivity contribution is 0.597. The third-order valence-electron chi connectivity index (χ3n) is 2.72. The van der Waals surface area contributed by atoms with E-state index in [0.29, 0.717) is 0 Å². The molecule has 0 saturated carbocycles. The summed E-state index contributed by atoms with van der Waals surface area (Å²) < 4.78 is 15.6. The molecule has 1 aromatic carbocycles. The number of rotatable bonds is 3. The van der Waals surface area contributed by atoms with Crippen LogP contribution in [0.15, 0.2) is 34.9 Å². The molecule has 0 aliphatic carbocycles. The van der Waals surface area contributed by atoms with E-state index in [1.54, 1.807) is 16.9 Å². The molecule has 1 aromatic heterocycles. The van der Waals surface area contributed by atoms with Crippen molar-refractivity contribution in [3.05, 3.63) is 52.0 Å². The van der Waals surface area contributed by atoms with Crippen molar-refractivity contribution in [2.75, 3.05) is 7.05 Å². The molecule has 1 heterocycles. The van der Waals surface area contributed by atoms with Crippen LogP contribution in [0.3, 0.4) is 0 Å². The highest BCUT2D eigenvalue weighted by Crippen LogP contribution is 2.28. The molecule has 1 atom stereocenters. The minimum atomic E-state index is -0.250. The molecule has 90 valence electrons. The van der Waals surface area contributed by atoms with Crippen LogP contribution in [0.5, 0.6) is 0 Å². The van der Waals surface area contributed by atoms with Gasteiger partial charge >= 0.3 is 0 Å². The number of benzene rings is 1. The number of halogens is 2. The van der Waals surface area contributed by atoms with E-state index in [4.69, 9.17) is 0 Å². The first kappa shape index (κ1) is 12.3. The van der Waals surface area contributed by atoms with Gasteiger partial charge in [-0.1, -0.05) is 22.0 Å². The molecule has 2 rings (SSSR count). The fourth-order valence-corrected chi connectivity index (χ4v) is 2.45. The smallest absolute Gasteiger partial charge is 0.124 e. The van der Waals surface area contributed by atoms with E-state index >= 15 is 0 Å². The Labute approximate surface area is 108 Å². The third-order valence-corrected chi connectivity index (χ3v) is 3.40. The Morgan fingerprint density at radius 1 is 1.41 bits per heavy atom. The average molecular weight is 298 g/mol. The normalized spacial score (nSPS) is 12.7. The van der Waals surface area contributed by atoms with Crippen molar-refractivity contribution in [3.63, 3.8) is 0 Å². The van der Waals surface area contributed by atoms with Crippen molar-refractivity contribution in [3.8, 4) is 0 Å². The van der Waals surface area contributed by atoms with Gasteiger partial charge in [0.05, 0.1) is 11.7 Å². The first-order chi connectivity index (χ1) is 8.13. The van der Waals surface area contributed by atoms with Gasteiger partial charge < -0.3 is 5.32 Å². The fourth-order valence-electron chi connectivity index (χ4n) is 1.87. The van der Waals surface area contributed by atoms with Crippen molar-refractivity contribution < 1.29 is 4.39 Å². The summed E-state index contributed by atoms with van der Waals surface area (Å²) >= 11 is 3.39. The van der Waals surface area contributed by atoms with Crippen LogP contribution in [0.1, 0.15) is 17.3 Å². The second-order valence-electron chi connectivity index (χ2n) is 3.77. The molecule has 0 amide bonds. The molecule has 1 N–H and O–H groups in total. The van der Waals surface area contributed by atoms with Crippen LogP contribution in [0.25, 0.3) is 0 Å². The van der Waals surface area contributed by atoms with Crippen LogP contribution in [0.2, 0.25) is 0 Å². The minimum absolute atomic E-state index is 0.0162. The van der Waals surface area contributed by atoms with Gasteiger partial charge in [-0.3, -0.25) is 4.68 Å². The molecule has 2 aromatic rings. The van der Waals surface area contributed by atoms with Crippen molar-refractivity contribution in [1.82, 2.24) is 15.1 Å². The Balaban J connectivity index is 2.46. The Bertz CT molecular complexity index is 524. The van der Waals surface area contributed by atoms with Gasteiger partial charge in [0.25, 0.3) is 0 Å². The number of nitrogens with zero attached hydrogens (tertiary/aromatic N) is 2. The molecule has 0 aliphatic heterocycles. The number of nitrogens with one attached hydrogen (secondary N) is 1. The minimum Gasteiger partial charge on any atom is -0.308 e. The highest BCUT2D eigenvalue weighted by atomic mass is 79.9. The number of aromatic nitrogens is 2. The van der Waals surface area contributed by atoms with Crippen LogP contribution >= 0.6 is 15.9 Å². The first-order valence-electron chi connectivity index (χ1n) is 5.23. The van der Waals surface area contributed by atoms with E-state index in [9.17, 15) is 4.39 Å². The summed E-state index contributed by atoms with van der Waals surface area (Å²) in [7, 11) is 3.75. The van der Waals surface area contributed by atoms with Crippen molar-refractivity contribution >= 4 is 15.9 Å². The zero-order valence-corrected chi connectivity index (χ0v) is 11.2. The molecule has 0 fully saturated rings. The van der Waals surface area contributed by atoms with Gasteiger partial charge in [-0.2, -0.15) is 5.10 Å². The highest BCUT2D eigenvalue weighted by molar-refractivity contribution is 9.10. The van der Waals surface area contributed by atoms with Gasteiger partial charge in [0, 0.05) is 17.7 Å². The summed E-state index contributed by atoms with van der Waals surface area (Å²) in [6.07, 6.45) is 1.75. The van der Waals surface area contributed by atoms with Crippen molar-refractivity contribution in [2.45, 2.75) is 6.04 Å². The van der Waals surface area contributed by atoms with E-state index in [1.165, 1.54) is 12.1 Å². The van der Waals surface area contributed by atoms with Crippen LogP contribution in [-0.4, -0.2) is 16.8 Å². The maximum absolute atomic E-state index is 13.1. The van der Waals surface area contributed by atoms with E-state index in [-0.39, 0.29) is 11.9 Å². The average Bonchev–Trinajstić information content (AvgIpc) is 2.69. The van der Waals surface area contributed by atoms with Gasteiger partial charge in [0.15, 0.2) is 0 Å². The lowest BCUT2D eigenvalue weighted by Crippen LogP contribution is -2.21. The Kier molecular flexibility index (Phi) is 3.59. The Morgan fingerprint density at radius 3 is 2.71 bits per heavy atom. The van der Waals surface area contributed by atoms with Gasteiger partial charge in [-0.15, -0.1) is 0 Å².